The number of carbonyl (C=O) groups excluding carboxylic acids is 1. The van der Waals surface area contributed by atoms with E-state index in [1.54, 1.807) is 0 Å². The van der Waals surface area contributed by atoms with E-state index in [2.05, 4.69) is 10.6 Å². The second-order valence-electron chi connectivity index (χ2n) is 4.64. The van der Waals surface area contributed by atoms with Gasteiger partial charge in [-0.25, -0.2) is 0 Å². The largest absolute Gasteiger partial charge is 0.404 e. The average Bonchev–Trinajstić information content (AvgIpc) is 2.31. The molecular formula is C13H15F3N2O. The van der Waals surface area contributed by atoms with Crippen molar-refractivity contribution in [2.45, 2.75) is 31.6 Å². The SMILES string of the molecule is CNC(CC(=O)NCc1ccc2cc1C2)C(F)(F)F. The Kier molecular flexibility index (Phi) is 3.80. The summed E-state index contributed by atoms with van der Waals surface area (Å²) in [5.74, 6) is -0.604. The first-order chi connectivity index (χ1) is 8.90. The van der Waals surface area contributed by atoms with Crippen LogP contribution in [0.2, 0.25) is 0 Å². The van der Waals surface area contributed by atoms with E-state index in [1.807, 2.05) is 18.2 Å². The number of benzene rings is 1. The molecule has 0 fully saturated rings. The van der Waals surface area contributed by atoms with Crippen LogP contribution in [0.5, 0.6) is 0 Å². The highest BCUT2D eigenvalue weighted by Gasteiger charge is 2.39. The Balaban J connectivity index is 1.84. The third-order valence-corrected chi connectivity index (χ3v) is 3.27. The van der Waals surface area contributed by atoms with Crippen molar-refractivity contribution in [3.8, 4) is 0 Å². The molecule has 2 aliphatic carbocycles. The molecule has 1 atom stereocenters. The molecule has 0 aromatic heterocycles. The molecule has 0 radical (unpaired) electrons. The number of amides is 1. The van der Waals surface area contributed by atoms with Crippen LogP contribution in [-0.2, 0) is 17.8 Å². The van der Waals surface area contributed by atoms with Crippen molar-refractivity contribution in [3.05, 3.63) is 34.9 Å². The number of carbonyl (C=O) groups is 1. The summed E-state index contributed by atoms with van der Waals surface area (Å²) in [5, 5.41) is 4.63. The van der Waals surface area contributed by atoms with Gasteiger partial charge >= 0.3 is 6.18 Å². The Labute approximate surface area is 109 Å². The van der Waals surface area contributed by atoms with Crippen LogP contribution in [0, 0.1) is 0 Å². The summed E-state index contributed by atoms with van der Waals surface area (Å²) < 4.78 is 37.4. The van der Waals surface area contributed by atoms with E-state index < -0.39 is 24.5 Å². The van der Waals surface area contributed by atoms with Crippen LogP contribution in [0.3, 0.4) is 0 Å². The van der Waals surface area contributed by atoms with Crippen molar-refractivity contribution in [3.63, 3.8) is 0 Å². The smallest absolute Gasteiger partial charge is 0.352 e. The summed E-state index contributed by atoms with van der Waals surface area (Å²) >= 11 is 0. The fourth-order valence-corrected chi connectivity index (χ4v) is 2.05. The lowest BCUT2D eigenvalue weighted by molar-refractivity contribution is -0.160. The molecule has 0 aliphatic heterocycles. The van der Waals surface area contributed by atoms with Crippen molar-refractivity contribution in [2.75, 3.05) is 7.05 Å². The lowest BCUT2D eigenvalue weighted by Gasteiger charge is -2.21. The van der Waals surface area contributed by atoms with Crippen LogP contribution in [0.1, 0.15) is 23.1 Å². The van der Waals surface area contributed by atoms with Crippen LogP contribution >= 0.6 is 0 Å². The van der Waals surface area contributed by atoms with Gasteiger partial charge in [0.05, 0.1) is 6.42 Å². The van der Waals surface area contributed by atoms with Crippen molar-refractivity contribution < 1.29 is 18.0 Å². The fourth-order valence-electron chi connectivity index (χ4n) is 2.05. The van der Waals surface area contributed by atoms with E-state index >= 15 is 0 Å². The highest BCUT2D eigenvalue weighted by atomic mass is 19.4. The molecule has 2 aliphatic rings. The second kappa shape index (κ2) is 5.21. The van der Waals surface area contributed by atoms with Gasteiger partial charge in [0.25, 0.3) is 0 Å². The topological polar surface area (TPSA) is 41.1 Å². The number of fused-ring (bicyclic) bond motifs is 2. The molecule has 1 aromatic rings. The standard InChI is InChI=1S/C13H15F3N2O/c1-17-11(13(14,15)16)6-12(19)18-7-9-3-2-8-4-10(9)5-8/h2-4,11,17H,5-7H2,1H3,(H,18,19). The monoisotopic (exact) mass is 272 g/mol. The van der Waals surface area contributed by atoms with Crippen molar-refractivity contribution in [2.24, 2.45) is 0 Å². The number of hydrogen-bond acceptors (Lipinski definition) is 2. The van der Waals surface area contributed by atoms with Crippen LogP contribution < -0.4 is 10.6 Å². The molecule has 3 nitrogen and oxygen atoms in total. The molecular weight excluding hydrogens is 257 g/mol. The number of rotatable bonds is 5. The van der Waals surface area contributed by atoms with E-state index in [9.17, 15) is 18.0 Å². The third kappa shape index (κ3) is 3.26. The van der Waals surface area contributed by atoms with Crippen molar-refractivity contribution in [1.29, 1.82) is 0 Å². The van der Waals surface area contributed by atoms with Gasteiger partial charge in [0.2, 0.25) is 5.91 Å². The van der Waals surface area contributed by atoms with E-state index in [-0.39, 0.29) is 6.54 Å². The highest BCUT2D eigenvalue weighted by Crippen LogP contribution is 2.25. The number of halogens is 3. The van der Waals surface area contributed by atoms with E-state index in [0.717, 1.165) is 17.5 Å². The van der Waals surface area contributed by atoms with Gasteiger partial charge in [0.1, 0.15) is 6.04 Å². The minimum Gasteiger partial charge on any atom is -0.352 e. The summed E-state index contributed by atoms with van der Waals surface area (Å²) in [6, 6.07) is 4.07. The molecule has 0 spiro atoms. The summed E-state index contributed by atoms with van der Waals surface area (Å²) in [6.45, 7) is 0.280. The maximum Gasteiger partial charge on any atom is 0.404 e. The summed E-state index contributed by atoms with van der Waals surface area (Å²) in [5.41, 5.74) is 3.37. The maximum absolute atomic E-state index is 12.5. The van der Waals surface area contributed by atoms with Crippen LogP contribution in [-0.4, -0.2) is 25.2 Å². The fraction of sp³-hybridized carbons (Fsp3) is 0.462. The van der Waals surface area contributed by atoms with Crippen LogP contribution in [0.25, 0.3) is 0 Å². The Bertz CT molecular complexity index is 482. The molecule has 0 heterocycles. The molecule has 6 heteroatoms. The first-order valence-electron chi connectivity index (χ1n) is 6.01. The predicted molar refractivity (Wildman–Crippen MR) is 64.6 cm³/mol. The third-order valence-electron chi connectivity index (χ3n) is 3.27. The van der Waals surface area contributed by atoms with E-state index in [1.165, 1.54) is 12.6 Å². The number of alkyl halides is 3. The average molecular weight is 272 g/mol. The number of hydrogen-bond donors (Lipinski definition) is 2. The molecule has 1 aromatic carbocycles. The molecule has 1 amide bonds. The minimum atomic E-state index is -4.41. The Hall–Kier alpha value is -1.56. The Morgan fingerprint density at radius 1 is 1.42 bits per heavy atom. The zero-order valence-electron chi connectivity index (χ0n) is 10.5. The zero-order valence-corrected chi connectivity index (χ0v) is 10.5. The molecule has 2 bridgehead atoms. The molecule has 104 valence electrons. The van der Waals surface area contributed by atoms with Crippen molar-refractivity contribution >= 4 is 5.91 Å². The normalized spacial score (nSPS) is 14.7. The van der Waals surface area contributed by atoms with Gasteiger partial charge in [0, 0.05) is 6.54 Å². The molecule has 0 saturated heterocycles. The van der Waals surface area contributed by atoms with Crippen LogP contribution in [0.15, 0.2) is 18.2 Å². The maximum atomic E-state index is 12.5. The molecule has 3 rings (SSSR count). The Morgan fingerprint density at radius 3 is 2.58 bits per heavy atom. The van der Waals surface area contributed by atoms with Gasteiger partial charge in [-0.05, 0) is 30.2 Å². The van der Waals surface area contributed by atoms with E-state index in [0.29, 0.717) is 0 Å². The van der Waals surface area contributed by atoms with Gasteiger partial charge in [-0.1, -0.05) is 18.2 Å². The molecule has 2 N–H and O–H groups in total. The van der Waals surface area contributed by atoms with Gasteiger partial charge < -0.3 is 10.6 Å². The highest BCUT2D eigenvalue weighted by molar-refractivity contribution is 5.76. The first kappa shape index (κ1) is 13.9. The van der Waals surface area contributed by atoms with Crippen molar-refractivity contribution in [1.82, 2.24) is 10.6 Å². The lowest BCUT2D eigenvalue weighted by atomic mass is 9.88. The molecule has 0 saturated carbocycles. The van der Waals surface area contributed by atoms with Gasteiger partial charge in [-0.15, -0.1) is 0 Å². The zero-order chi connectivity index (χ0) is 14.0. The predicted octanol–water partition coefficient (Wildman–Crippen LogP) is 1.75. The van der Waals surface area contributed by atoms with E-state index in [4.69, 9.17) is 0 Å². The second-order valence-corrected chi connectivity index (χ2v) is 4.64. The summed E-state index contributed by atoms with van der Waals surface area (Å²) in [6.07, 6.45) is -4.12. The minimum absolute atomic E-state index is 0.280. The van der Waals surface area contributed by atoms with Gasteiger partial charge in [-0.3, -0.25) is 4.79 Å². The summed E-state index contributed by atoms with van der Waals surface area (Å²) in [4.78, 5) is 11.5. The Morgan fingerprint density at radius 2 is 2.11 bits per heavy atom. The van der Waals surface area contributed by atoms with Gasteiger partial charge in [0.15, 0.2) is 0 Å². The van der Waals surface area contributed by atoms with Gasteiger partial charge in [-0.2, -0.15) is 13.2 Å². The first-order valence-corrected chi connectivity index (χ1v) is 6.01. The summed E-state index contributed by atoms with van der Waals surface area (Å²) in [7, 11) is 1.20. The number of nitrogens with one attached hydrogen (secondary N) is 2. The lowest BCUT2D eigenvalue weighted by Crippen LogP contribution is -2.43. The van der Waals surface area contributed by atoms with Crippen LogP contribution in [0.4, 0.5) is 13.2 Å². The molecule has 19 heavy (non-hydrogen) atoms. The molecule has 1 unspecified atom stereocenters. The quantitative estimate of drug-likeness (QED) is 0.870.